The van der Waals surface area contributed by atoms with Crippen LogP contribution < -0.4 is 0 Å². The zero-order chi connectivity index (χ0) is 16.4. The fraction of sp³-hybridized carbons (Fsp3) is 0.810. The molecule has 2 nitrogen and oxygen atoms in total. The maximum Gasteiger partial charge on any atom is 0.155 e. The smallest absolute Gasteiger partial charge is 0.155 e. The van der Waals surface area contributed by atoms with E-state index in [4.69, 9.17) is 0 Å². The topological polar surface area (TPSA) is 34.1 Å². The Hall–Kier alpha value is 0.418. The number of ketones is 2. The van der Waals surface area contributed by atoms with Gasteiger partial charge in [-0.05, 0) is 86.5 Å². The van der Waals surface area contributed by atoms with Crippen LogP contribution in [0.25, 0.3) is 0 Å². The molecule has 0 heterocycles. The van der Waals surface area contributed by atoms with Crippen molar-refractivity contribution in [2.45, 2.75) is 72.1 Å². The van der Waals surface area contributed by atoms with Crippen LogP contribution >= 0.6 is 0 Å². The van der Waals surface area contributed by atoms with E-state index in [0.29, 0.717) is 17.5 Å². The van der Waals surface area contributed by atoms with Gasteiger partial charge in [0.05, 0.1) is 0 Å². The van der Waals surface area contributed by atoms with Gasteiger partial charge in [0, 0.05) is 52.7 Å². The van der Waals surface area contributed by atoms with Crippen LogP contribution in [0.2, 0.25) is 0 Å². The molecule has 4 rings (SSSR count). The van der Waals surface area contributed by atoms with Crippen LogP contribution in [-0.4, -0.2) is 11.6 Å². The molecule has 0 aromatic rings. The minimum atomic E-state index is 0. The molecule has 0 aliphatic heterocycles. The largest absolute Gasteiger partial charge is 0.300 e. The van der Waals surface area contributed by atoms with Crippen molar-refractivity contribution in [3.63, 3.8) is 0 Å². The SMILES string of the molecule is CC(=O)[C@H]1CC[C@H]2[C@@H]3CCC4=CC(=O)CC[C@]4(C)[C@H]3CC[C@]12C.[Pm]. The summed E-state index contributed by atoms with van der Waals surface area (Å²) in [4.78, 5) is 24.0. The zero-order valence-electron chi connectivity index (χ0n) is 15.3. The Labute approximate surface area is 178 Å². The summed E-state index contributed by atoms with van der Waals surface area (Å²) in [5, 5.41) is 0. The third-order valence-electron chi connectivity index (χ3n) is 8.45. The Balaban J connectivity index is 0.00000169. The summed E-state index contributed by atoms with van der Waals surface area (Å²) in [6.07, 6.45) is 10.9. The quantitative estimate of drug-likeness (QED) is 0.569. The predicted octanol–water partition coefficient (Wildman–Crippen LogP) is 4.72. The summed E-state index contributed by atoms with van der Waals surface area (Å²) >= 11 is 0. The van der Waals surface area contributed by atoms with E-state index in [1.54, 1.807) is 6.92 Å². The number of hydrogen-bond acceptors (Lipinski definition) is 2. The van der Waals surface area contributed by atoms with E-state index in [-0.39, 0.29) is 51.2 Å². The second-order valence-corrected chi connectivity index (χ2v) is 9.25. The first-order valence-electron chi connectivity index (χ1n) is 9.60. The Morgan fingerprint density at radius 1 is 1.04 bits per heavy atom. The summed E-state index contributed by atoms with van der Waals surface area (Å²) in [5.41, 5.74) is 1.95. The van der Waals surface area contributed by atoms with Crippen LogP contribution in [0.1, 0.15) is 72.1 Å². The number of rotatable bonds is 1. The van der Waals surface area contributed by atoms with E-state index < -0.39 is 0 Å². The molecule has 24 heavy (non-hydrogen) atoms. The van der Waals surface area contributed by atoms with E-state index in [1.165, 1.54) is 31.3 Å². The first-order chi connectivity index (χ1) is 10.9. The third kappa shape index (κ3) is 2.64. The van der Waals surface area contributed by atoms with Crippen molar-refractivity contribution >= 4 is 11.6 Å². The Morgan fingerprint density at radius 2 is 1.79 bits per heavy atom. The number of carbonyl (C=O) groups excluding carboxylic acids is 2. The summed E-state index contributed by atoms with van der Waals surface area (Å²) in [7, 11) is 0. The van der Waals surface area contributed by atoms with Gasteiger partial charge in [0.25, 0.3) is 0 Å². The Bertz CT molecular complexity index is 595. The maximum atomic E-state index is 12.1. The average molecular weight is 459 g/mol. The predicted molar refractivity (Wildman–Crippen MR) is 90.9 cm³/mol. The Morgan fingerprint density at radius 3 is 2.50 bits per heavy atom. The van der Waals surface area contributed by atoms with E-state index in [9.17, 15) is 9.59 Å². The van der Waals surface area contributed by atoms with E-state index >= 15 is 0 Å². The van der Waals surface area contributed by atoms with Gasteiger partial charge in [-0.3, -0.25) is 9.59 Å². The van der Waals surface area contributed by atoms with Crippen LogP contribution in [0, 0.1) is 74.9 Å². The summed E-state index contributed by atoms with van der Waals surface area (Å²) < 4.78 is 0. The number of allylic oxidation sites excluding steroid dienone is 1. The molecule has 0 aromatic heterocycles. The van der Waals surface area contributed by atoms with Gasteiger partial charge in [0.15, 0.2) is 5.78 Å². The summed E-state index contributed by atoms with van der Waals surface area (Å²) in [6, 6.07) is 0. The van der Waals surface area contributed by atoms with Crippen LogP contribution in [-0.2, 0) is 9.59 Å². The van der Waals surface area contributed by atoms with E-state index in [1.807, 2.05) is 6.08 Å². The van der Waals surface area contributed by atoms with Crippen molar-refractivity contribution in [1.29, 1.82) is 0 Å². The molecule has 6 atom stereocenters. The first-order valence-corrected chi connectivity index (χ1v) is 9.60. The monoisotopic (exact) mass is 459 g/mol. The van der Waals surface area contributed by atoms with Crippen molar-refractivity contribution in [3.8, 4) is 0 Å². The fourth-order valence-corrected chi connectivity index (χ4v) is 7.23. The van der Waals surface area contributed by atoms with Gasteiger partial charge >= 0.3 is 0 Å². The molecule has 0 unspecified atom stereocenters. The number of Topliss-reactive ketones (excluding diaryl/α,β-unsaturated/α-hetero) is 1. The second-order valence-electron chi connectivity index (χ2n) is 9.25. The standard InChI is InChI=1S/C21H30O2.Pm/c1-13(22)17-6-7-18-16-5-4-14-12-15(23)8-10-20(14,2)19(16)9-11-21(17,18)3;/h12,16-19H,4-11H2,1-3H3;/t16-,17+,18-,19-,20-,21+;/m0./s1. The second kappa shape index (κ2) is 6.54. The minimum absolute atomic E-state index is 0. The van der Waals surface area contributed by atoms with Gasteiger partial charge < -0.3 is 0 Å². The first kappa shape index (κ1) is 19.2. The molecule has 3 fully saturated rings. The molecule has 3 saturated carbocycles. The maximum absolute atomic E-state index is 12.1. The molecule has 0 spiro atoms. The van der Waals surface area contributed by atoms with Crippen molar-refractivity contribution in [2.75, 3.05) is 0 Å². The molecule has 0 saturated heterocycles. The fourth-order valence-electron chi connectivity index (χ4n) is 7.23. The van der Waals surface area contributed by atoms with Gasteiger partial charge in [-0.15, -0.1) is 0 Å². The molecule has 0 N–H and O–H groups in total. The molecule has 4 aliphatic rings. The number of hydrogen-bond donors (Lipinski definition) is 0. The van der Waals surface area contributed by atoms with Crippen molar-refractivity contribution in [1.82, 2.24) is 0 Å². The van der Waals surface area contributed by atoms with Crippen LogP contribution in [0.15, 0.2) is 11.6 Å². The number of carbonyl (C=O) groups is 2. The third-order valence-corrected chi connectivity index (χ3v) is 8.45. The molecule has 0 bridgehead atoms. The average Bonchev–Trinajstić information content (AvgIpc) is 2.85. The molecule has 1 radical (unpaired) electrons. The van der Waals surface area contributed by atoms with Gasteiger partial charge in [-0.1, -0.05) is 19.4 Å². The van der Waals surface area contributed by atoms with E-state index in [2.05, 4.69) is 13.8 Å². The molecule has 0 amide bonds. The van der Waals surface area contributed by atoms with Crippen molar-refractivity contribution < 1.29 is 50.0 Å². The van der Waals surface area contributed by atoms with Gasteiger partial charge in [0.2, 0.25) is 0 Å². The van der Waals surface area contributed by atoms with E-state index in [0.717, 1.165) is 43.4 Å². The van der Waals surface area contributed by atoms with Crippen LogP contribution in [0.3, 0.4) is 0 Å². The van der Waals surface area contributed by atoms with Gasteiger partial charge in [-0.25, -0.2) is 0 Å². The molecule has 3 heteroatoms. The molecule has 131 valence electrons. The number of fused-ring (bicyclic) bond motifs is 5. The van der Waals surface area contributed by atoms with Gasteiger partial charge in [-0.2, -0.15) is 0 Å². The summed E-state index contributed by atoms with van der Waals surface area (Å²) in [6.45, 7) is 6.65. The molecular weight excluding hydrogens is 429 g/mol. The Kier molecular flexibility index (Phi) is 5.23. The summed E-state index contributed by atoms with van der Waals surface area (Å²) in [5.74, 6) is 3.29. The van der Waals surface area contributed by atoms with Crippen LogP contribution in [0.4, 0.5) is 0 Å². The van der Waals surface area contributed by atoms with Crippen molar-refractivity contribution in [2.24, 2.45) is 34.5 Å². The normalized spacial score (nSPS) is 47.0. The molecule has 4 aliphatic carbocycles. The molecule has 0 aromatic carbocycles. The van der Waals surface area contributed by atoms with Gasteiger partial charge in [0.1, 0.15) is 5.78 Å². The minimum Gasteiger partial charge on any atom is -0.300 e. The van der Waals surface area contributed by atoms with Crippen molar-refractivity contribution in [3.05, 3.63) is 11.6 Å². The zero-order valence-corrected chi connectivity index (χ0v) is 18.2. The van der Waals surface area contributed by atoms with Crippen LogP contribution in [0.5, 0.6) is 0 Å². The molecular formula is C21H30O2Pm.